The molecule has 1 saturated carbocycles. The molecule has 0 aromatic heterocycles. The normalized spacial score (nSPS) is 33.6. The number of hydrogen-bond donors (Lipinski definition) is 3. The van der Waals surface area contributed by atoms with Gasteiger partial charge in [-0.05, 0) is 32.2 Å². The van der Waals surface area contributed by atoms with Crippen LogP contribution in [-0.4, -0.2) is 36.2 Å². The van der Waals surface area contributed by atoms with Gasteiger partial charge in [-0.1, -0.05) is 12.8 Å². The van der Waals surface area contributed by atoms with E-state index in [-0.39, 0.29) is 17.9 Å². The Hall–Kier alpha value is -0.610. The van der Waals surface area contributed by atoms with Crippen LogP contribution in [0, 0.1) is 5.92 Å². The SMILES string of the molecule is O=C(CC1CCCN1)NCC1CCCCC1O. The number of aliphatic hydroxyl groups excluding tert-OH is 1. The monoisotopic (exact) mass is 240 g/mol. The molecule has 17 heavy (non-hydrogen) atoms. The summed E-state index contributed by atoms with van der Waals surface area (Å²) in [6, 6.07) is 0.367. The first kappa shape index (κ1) is 12.8. The molecule has 4 nitrogen and oxygen atoms in total. The highest BCUT2D eigenvalue weighted by Crippen LogP contribution is 2.23. The molecule has 1 aliphatic carbocycles. The van der Waals surface area contributed by atoms with Gasteiger partial charge in [0.1, 0.15) is 0 Å². The third-order valence-electron chi connectivity index (χ3n) is 4.02. The van der Waals surface area contributed by atoms with Crippen LogP contribution in [-0.2, 0) is 4.79 Å². The number of hydrogen-bond acceptors (Lipinski definition) is 3. The highest BCUT2D eigenvalue weighted by molar-refractivity contribution is 5.76. The minimum absolute atomic E-state index is 0.127. The lowest BCUT2D eigenvalue weighted by molar-refractivity contribution is -0.121. The van der Waals surface area contributed by atoms with E-state index in [2.05, 4.69) is 10.6 Å². The summed E-state index contributed by atoms with van der Waals surface area (Å²) in [5.74, 6) is 0.395. The summed E-state index contributed by atoms with van der Waals surface area (Å²) in [4.78, 5) is 11.7. The smallest absolute Gasteiger partial charge is 0.221 e. The van der Waals surface area contributed by atoms with Crippen LogP contribution >= 0.6 is 0 Å². The van der Waals surface area contributed by atoms with Crippen molar-refractivity contribution < 1.29 is 9.90 Å². The van der Waals surface area contributed by atoms with Crippen molar-refractivity contribution in [3.63, 3.8) is 0 Å². The fourth-order valence-corrected chi connectivity index (χ4v) is 2.90. The lowest BCUT2D eigenvalue weighted by Gasteiger charge is -2.27. The summed E-state index contributed by atoms with van der Waals surface area (Å²) in [6.45, 7) is 1.69. The lowest BCUT2D eigenvalue weighted by atomic mass is 9.86. The molecular formula is C13H24N2O2. The number of nitrogens with one attached hydrogen (secondary N) is 2. The predicted octanol–water partition coefficient (Wildman–Crippen LogP) is 0.796. The molecule has 1 amide bonds. The van der Waals surface area contributed by atoms with Crippen LogP contribution in [0.15, 0.2) is 0 Å². The van der Waals surface area contributed by atoms with E-state index >= 15 is 0 Å². The van der Waals surface area contributed by atoms with Gasteiger partial charge in [-0.25, -0.2) is 0 Å². The molecule has 2 rings (SSSR count). The first-order valence-electron chi connectivity index (χ1n) is 6.94. The molecule has 98 valence electrons. The molecule has 3 unspecified atom stereocenters. The number of rotatable bonds is 4. The molecule has 2 fully saturated rings. The molecule has 0 spiro atoms. The summed E-state index contributed by atoms with van der Waals surface area (Å²) in [5, 5.41) is 16.1. The molecule has 0 bridgehead atoms. The van der Waals surface area contributed by atoms with Gasteiger partial charge in [0.25, 0.3) is 0 Å². The van der Waals surface area contributed by atoms with E-state index in [9.17, 15) is 9.90 Å². The minimum Gasteiger partial charge on any atom is -0.393 e. The summed E-state index contributed by atoms with van der Waals surface area (Å²) in [7, 11) is 0. The Balaban J connectivity index is 1.64. The van der Waals surface area contributed by atoms with E-state index in [1.807, 2.05) is 0 Å². The summed E-state index contributed by atoms with van der Waals surface area (Å²) in [5.41, 5.74) is 0. The van der Waals surface area contributed by atoms with Crippen LogP contribution in [0.5, 0.6) is 0 Å². The standard InChI is InChI=1S/C13H24N2O2/c16-12-6-2-1-4-10(12)9-15-13(17)8-11-5-3-7-14-11/h10-12,14,16H,1-9H2,(H,15,17). The van der Waals surface area contributed by atoms with Crippen LogP contribution in [0.3, 0.4) is 0 Å². The number of aliphatic hydroxyl groups is 1. The predicted molar refractivity (Wildman–Crippen MR) is 66.6 cm³/mol. The Morgan fingerprint density at radius 1 is 1.24 bits per heavy atom. The van der Waals surface area contributed by atoms with Gasteiger partial charge < -0.3 is 15.7 Å². The maximum absolute atomic E-state index is 11.7. The van der Waals surface area contributed by atoms with Gasteiger partial charge in [-0.3, -0.25) is 4.79 Å². The summed E-state index contributed by atoms with van der Waals surface area (Å²) in [6.07, 6.45) is 6.91. The molecular weight excluding hydrogens is 216 g/mol. The third kappa shape index (κ3) is 3.96. The Labute approximate surface area is 103 Å². The van der Waals surface area contributed by atoms with Gasteiger partial charge in [-0.2, -0.15) is 0 Å². The Morgan fingerprint density at radius 2 is 2.06 bits per heavy atom. The molecule has 4 heteroatoms. The summed E-state index contributed by atoms with van der Waals surface area (Å²) >= 11 is 0. The Morgan fingerprint density at radius 3 is 2.76 bits per heavy atom. The Bertz CT molecular complexity index is 252. The molecule has 1 heterocycles. The van der Waals surface area contributed by atoms with Crippen LogP contribution in [0.25, 0.3) is 0 Å². The second-order valence-corrected chi connectivity index (χ2v) is 5.41. The largest absolute Gasteiger partial charge is 0.393 e. The topological polar surface area (TPSA) is 61.4 Å². The van der Waals surface area contributed by atoms with Crippen LogP contribution < -0.4 is 10.6 Å². The van der Waals surface area contributed by atoms with Crippen LogP contribution in [0.2, 0.25) is 0 Å². The van der Waals surface area contributed by atoms with Gasteiger partial charge in [0.2, 0.25) is 5.91 Å². The zero-order valence-corrected chi connectivity index (χ0v) is 10.5. The molecule has 3 atom stereocenters. The average Bonchev–Trinajstić information content (AvgIpc) is 2.81. The maximum atomic E-state index is 11.7. The second-order valence-electron chi connectivity index (χ2n) is 5.41. The zero-order valence-electron chi connectivity index (χ0n) is 10.5. The number of amides is 1. The first-order chi connectivity index (χ1) is 8.25. The van der Waals surface area contributed by atoms with Crippen LogP contribution in [0.1, 0.15) is 44.9 Å². The van der Waals surface area contributed by atoms with E-state index in [4.69, 9.17) is 0 Å². The van der Waals surface area contributed by atoms with Gasteiger partial charge in [0.05, 0.1) is 6.10 Å². The highest BCUT2D eigenvalue weighted by Gasteiger charge is 2.24. The first-order valence-corrected chi connectivity index (χ1v) is 6.94. The van der Waals surface area contributed by atoms with Gasteiger partial charge >= 0.3 is 0 Å². The molecule has 2 aliphatic rings. The quantitative estimate of drug-likeness (QED) is 0.681. The molecule has 3 N–H and O–H groups in total. The molecule has 0 aromatic rings. The number of carbonyl (C=O) groups excluding carboxylic acids is 1. The number of carbonyl (C=O) groups is 1. The molecule has 1 aliphatic heterocycles. The molecule has 0 radical (unpaired) electrons. The third-order valence-corrected chi connectivity index (χ3v) is 4.02. The lowest BCUT2D eigenvalue weighted by Crippen LogP contribution is -2.38. The van der Waals surface area contributed by atoms with Crippen molar-refractivity contribution in [2.24, 2.45) is 5.92 Å². The summed E-state index contributed by atoms with van der Waals surface area (Å²) < 4.78 is 0. The second kappa shape index (κ2) is 6.36. The minimum atomic E-state index is -0.214. The van der Waals surface area contributed by atoms with Crippen molar-refractivity contribution in [2.75, 3.05) is 13.1 Å². The highest BCUT2D eigenvalue weighted by atomic mass is 16.3. The van der Waals surface area contributed by atoms with Gasteiger partial charge in [0, 0.05) is 24.9 Å². The Kier molecular flexibility index (Phi) is 4.80. The van der Waals surface area contributed by atoms with Crippen molar-refractivity contribution in [3.8, 4) is 0 Å². The van der Waals surface area contributed by atoms with Gasteiger partial charge in [-0.15, -0.1) is 0 Å². The maximum Gasteiger partial charge on any atom is 0.221 e. The fraction of sp³-hybridized carbons (Fsp3) is 0.923. The van der Waals surface area contributed by atoms with E-state index < -0.39 is 0 Å². The van der Waals surface area contributed by atoms with Crippen molar-refractivity contribution in [1.82, 2.24) is 10.6 Å². The fourth-order valence-electron chi connectivity index (χ4n) is 2.90. The van der Waals surface area contributed by atoms with Gasteiger partial charge in [0.15, 0.2) is 0 Å². The van der Waals surface area contributed by atoms with Crippen molar-refractivity contribution >= 4 is 5.91 Å². The van der Waals surface area contributed by atoms with E-state index in [0.717, 1.165) is 32.2 Å². The van der Waals surface area contributed by atoms with E-state index in [1.54, 1.807) is 0 Å². The van der Waals surface area contributed by atoms with Crippen molar-refractivity contribution in [3.05, 3.63) is 0 Å². The van der Waals surface area contributed by atoms with E-state index in [0.29, 0.717) is 19.0 Å². The van der Waals surface area contributed by atoms with Crippen LogP contribution in [0.4, 0.5) is 0 Å². The molecule has 0 aromatic carbocycles. The van der Waals surface area contributed by atoms with Crippen molar-refractivity contribution in [2.45, 2.75) is 57.1 Å². The van der Waals surface area contributed by atoms with Crippen molar-refractivity contribution in [1.29, 1.82) is 0 Å². The zero-order chi connectivity index (χ0) is 12.1. The average molecular weight is 240 g/mol. The van der Waals surface area contributed by atoms with E-state index in [1.165, 1.54) is 12.8 Å². The molecule has 1 saturated heterocycles.